The van der Waals surface area contributed by atoms with Crippen LogP contribution < -0.4 is 5.32 Å². The molecule has 25 heavy (non-hydrogen) atoms. The highest BCUT2D eigenvalue weighted by Gasteiger charge is 2.59. The first kappa shape index (κ1) is 16.2. The Hall–Kier alpha value is -2.30. The van der Waals surface area contributed by atoms with Crippen molar-refractivity contribution in [2.24, 2.45) is 23.7 Å². The van der Waals surface area contributed by atoms with Crippen LogP contribution in [0, 0.1) is 23.7 Å². The predicted molar refractivity (Wildman–Crippen MR) is 78.0 cm³/mol. The molecule has 0 spiro atoms. The van der Waals surface area contributed by atoms with E-state index in [0.29, 0.717) is 0 Å². The van der Waals surface area contributed by atoms with Gasteiger partial charge in [0.15, 0.2) is 0 Å². The number of halogens is 3. The number of imide groups is 1. The second-order valence-corrected chi connectivity index (χ2v) is 7.20. The number of aromatic nitrogens is 2. The summed E-state index contributed by atoms with van der Waals surface area (Å²) in [6, 6.07) is 0. The van der Waals surface area contributed by atoms with Crippen LogP contribution in [0.1, 0.15) is 11.4 Å². The minimum absolute atomic E-state index is 0.0250. The molecule has 1 N–H and O–H groups in total. The topological polar surface area (TPSA) is 92.3 Å². The van der Waals surface area contributed by atoms with Crippen LogP contribution in [0.2, 0.25) is 0 Å². The Morgan fingerprint density at radius 2 is 1.80 bits per heavy atom. The summed E-state index contributed by atoms with van der Waals surface area (Å²) in [5, 5.41) is 6.82. The fourth-order valence-electron chi connectivity index (χ4n) is 3.81. The van der Waals surface area contributed by atoms with Crippen molar-refractivity contribution in [3.8, 4) is 0 Å². The lowest BCUT2D eigenvalue weighted by Gasteiger charge is -2.16. The van der Waals surface area contributed by atoms with Gasteiger partial charge in [-0.25, -0.2) is 0 Å². The molecule has 2 fully saturated rings. The summed E-state index contributed by atoms with van der Waals surface area (Å²) in [5.74, 6) is -2.37. The van der Waals surface area contributed by atoms with E-state index in [4.69, 9.17) is 0 Å². The standard InChI is InChI=1S/C14H11F3N4O3S/c15-14(16,17)12-19-20-13(25-12)18-7(22)4-21-10(23)8-5-1-2-6(3-5)9(8)11(21)24/h1-2,5-6,8-9H,3-4H2,(H,18,20,22)/t5-,6-,8-,9-/m0/s1. The molecular formula is C14H11F3N4O3S. The zero-order valence-corrected chi connectivity index (χ0v) is 13.3. The van der Waals surface area contributed by atoms with Crippen LogP contribution in [0.4, 0.5) is 18.3 Å². The van der Waals surface area contributed by atoms with Gasteiger partial charge in [0, 0.05) is 0 Å². The molecule has 0 aromatic carbocycles. The van der Waals surface area contributed by atoms with E-state index in [1.54, 1.807) is 0 Å². The number of allylic oxidation sites excluding steroid dienone is 2. The number of amides is 3. The van der Waals surface area contributed by atoms with Gasteiger partial charge >= 0.3 is 6.18 Å². The van der Waals surface area contributed by atoms with Crippen molar-refractivity contribution in [2.45, 2.75) is 12.6 Å². The highest BCUT2D eigenvalue weighted by atomic mass is 32.1. The summed E-state index contributed by atoms with van der Waals surface area (Å²) in [5.41, 5.74) is 0. The zero-order valence-electron chi connectivity index (χ0n) is 12.5. The van der Waals surface area contributed by atoms with Crippen LogP contribution in [0.25, 0.3) is 0 Å². The number of hydrogen-bond donors (Lipinski definition) is 1. The van der Waals surface area contributed by atoms with E-state index in [-0.39, 0.29) is 28.3 Å². The van der Waals surface area contributed by atoms with Gasteiger partial charge < -0.3 is 0 Å². The number of anilines is 1. The molecule has 3 amide bonds. The molecule has 1 aliphatic heterocycles. The number of hydrogen-bond acceptors (Lipinski definition) is 6. The predicted octanol–water partition coefficient (Wildman–Crippen LogP) is 1.30. The SMILES string of the molecule is O=C(CN1C(=O)[C@@H]2[C@@H](C1=O)[C@H]1C=C[C@H]2C1)Nc1nnc(C(F)(F)F)s1. The van der Waals surface area contributed by atoms with Gasteiger partial charge in [-0.15, -0.1) is 10.2 Å². The Balaban J connectivity index is 1.43. The maximum atomic E-state index is 12.5. The maximum absolute atomic E-state index is 12.5. The van der Waals surface area contributed by atoms with Gasteiger partial charge in [0.25, 0.3) is 0 Å². The molecule has 132 valence electrons. The minimum Gasteiger partial charge on any atom is -0.299 e. The molecule has 1 saturated carbocycles. The lowest BCUT2D eigenvalue weighted by Crippen LogP contribution is -2.39. The number of carbonyl (C=O) groups is 3. The maximum Gasteiger partial charge on any atom is 0.445 e. The van der Waals surface area contributed by atoms with Gasteiger partial charge in [0.05, 0.1) is 11.8 Å². The fourth-order valence-corrected chi connectivity index (χ4v) is 4.44. The Labute approximate surface area is 142 Å². The lowest BCUT2D eigenvalue weighted by molar-refractivity contribution is -0.143. The lowest BCUT2D eigenvalue weighted by atomic mass is 9.85. The molecule has 7 nitrogen and oxygen atoms in total. The highest BCUT2D eigenvalue weighted by molar-refractivity contribution is 7.15. The Morgan fingerprint density at radius 1 is 1.20 bits per heavy atom. The summed E-state index contributed by atoms with van der Waals surface area (Å²) in [6.07, 6.45) is -0.00984. The molecule has 1 saturated heterocycles. The Morgan fingerprint density at radius 3 is 2.32 bits per heavy atom. The van der Waals surface area contributed by atoms with Gasteiger partial charge in [-0.05, 0) is 18.3 Å². The summed E-state index contributed by atoms with van der Waals surface area (Å²) in [6.45, 7) is -0.537. The largest absolute Gasteiger partial charge is 0.445 e. The summed E-state index contributed by atoms with van der Waals surface area (Å²) in [7, 11) is 0. The normalized spacial score (nSPS) is 30.3. The van der Waals surface area contributed by atoms with E-state index in [9.17, 15) is 27.6 Å². The number of nitrogens with one attached hydrogen (secondary N) is 1. The summed E-state index contributed by atoms with van der Waals surface area (Å²) < 4.78 is 37.4. The van der Waals surface area contributed by atoms with Crippen LogP contribution >= 0.6 is 11.3 Å². The zero-order chi connectivity index (χ0) is 17.9. The van der Waals surface area contributed by atoms with Crippen LogP contribution in [0.3, 0.4) is 0 Å². The van der Waals surface area contributed by atoms with Crippen LogP contribution in [0.5, 0.6) is 0 Å². The van der Waals surface area contributed by atoms with Gasteiger partial charge in [0.1, 0.15) is 6.54 Å². The van der Waals surface area contributed by atoms with Gasteiger partial charge in [-0.2, -0.15) is 13.2 Å². The number of carbonyl (C=O) groups excluding carboxylic acids is 3. The van der Waals surface area contributed by atoms with E-state index < -0.39 is 47.3 Å². The van der Waals surface area contributed by atoms with Crippen molar-refractivity contribution in [3.05, 3.63) is 17.2 Å². The number of fused-ring (bicyclic) bond motifs is 5. The van der Waals surface area contributed by atoms with Crippen molar-refractivity contribution in [1.29, 1.82) is 0 Å². The molecule has 4 rings (SSSR count). The monoisotopic (exact) mass is 372 g/mol. The van der Waals surface area contributed by atoms with E-state index in [0.717, 1.165) is 11.3 Å². The van der Waals surface area contributed by atoms with E-state index in [1.807, 2.05) is 12.2 Å². The third kappa shape index (κ3) is 2.53. The molecule has 11 heteroatoms. The summed E-state index contributed by atoms with van der Waals surface area (Å²) >= 11 is 0.178. The minimum atomic E-state index is -4.65. The molecule has 4 atom stereocenters. The number of alkyl halides is 3. The molecule has 3 aliphatic rings. The molecule has 0 unspecified atom stereocenters. The van der Waals surface area contributed by atoms with Crippen molar-refractivity contribution < 1.29 is 27.6 Å². The molecular weight excluding hydrogens is 361 g/mol. The van der Waals surface area contributed by atoms with Crippen molar-refractivity contribution in [3.63, 3.8) is 0 Å². The van der Waals surface area contributed by atoms with E-state index in [1.165, 1.54) is 0 Å². The molecule has 0 radical (unpaired) electrons. The number of nitrogens with zero attached hydrogens (tertiary/aromatic N) is 3. The van der Waals surface area contributed by atoms with Crippen LogP contribution in [0.15, 0.2) is 12.2 Å². The van der Waals surface area contributed by atoms with Crippen LogP contribution in [-0.4, -0.2) is 39.4 Å². The third-order valence-corrected chi connectivity index (χ3v) is 5.66. The fraction of sp³-hybridized carbons (Fsp3) is 0.500. The van der Waals surface area contributed by atoms with Crippen molar-refractivity contribution in [2.75, 3.05) is 11.9 Å². The molecule has 2 aliphatic carbocycles. The number of rotatable bonds is 3. The van der Waals surface area contributed by atoms with Crippen LogP contribution in [-0.2, 0) is 20.6 Å². The smallest absolute Gasteiger partial charge is 0.299 e. The number of likely N-dealkylation sites (tertiary alicyclic amines) is 1. The van der Waals surface area contributed by atoms with E-state index >= 15 is 0 Å². The molecule has 2 heterocycles. The molecule has 1 aromatic rings. The third-order valence-electron chi connectivity index (χ3n) is 4.78. The second-order valence-electron chi connectivity index (χ2n) is 6.22. The van der Waals surface area contributed by atoms with Crippen molar-refractivity contribution in [1.82, 2.24) is 15.1 Å². The van der Waals surface area contributed by atoms with Crippen molar-refractivity contribution >= 4 is 34.2 Å². The van der Waals surface area contributed by atoms with Gasteiger partial charge in [0.2, 0.25) is 27.9 Å². The average Bonchev–Trinajstić information content (AvgIpc) is 3.27. The Kier molecular flexibility index (Phi) is 3.46. The van der Waals surface area contributed by atoms with Gasteiger partial charge in [-0.3, -0.25) is 24.6 Å². The highest BCUT2D eigenvalue weighted by Crippen LogP contribution is 2.52. The first-order valence-corrected chi connectivity index (χ1v) is 8.31. The molecule has 2 bridgehead atoms. The Bertz CT molecular complexity index is 775. The summed E-state index contributed by atoms with van der Waals surface area (Å²) in [4.78, 5) is 37.7. The quantitative estimate of drug-likeness (QED) is 0.638. The first-order valence-electron chi connectivity index (χ1n) is 7.50. The van der Waals surface area contributed by atoms with E-state index in [2.05, 4.69) is 15.5 Å². The second kappa shape index (κ2) is 5.35. The first-order chi connectivity index (χ1) is 11.8. The van der Waals surface area contributed by atoms with Gasteiger partial charge in [-0.1, -0.05) is 23.5 Å². The molecule has 1 aromatic heterocycles. The average molecular weight is 372 g/mol.